The van der Waals surface area contributed by atoms with E-state index >= 15 is 0 Å². The van der Waals surface area contributed by atoms with Crippen LogP contribution in [0.25, 0.3) is 0 Å². The van der Waals surface area contributed by atoms with Crippen LogP contribution in [0.15, 0.2) is 17.3 Å². The standard InChI is InChI=1S/C7H13N3O2.ClH/c8-4-1-7(10(11)12)2-5-9-6-3-7;/h2,5-6,10-11H,1,3-4,8H2;1H. The first-order valence-electron chi connectivity index (χ1n) is 3.84. The summed E-state index contributed by atoms with van der Waals surface area (Å²) < 4.78 is 0. The van der Waals surface area contributed by atoms with Crippen molar-refractivity contribution in [3.05, 3.63) is 17.5 Å². The maximum absolute atomic E-state index is 10.9. The number of hydrogen-bond acceptors (Lipinski definition) is 4. The zero-order valence-electron chi connectivity index (χ0n) is 7.14. The molecule has 2 unspecified atom stereocenters. The number of rotatable bonds is 3. The Hall–Kier alpha value is -0.460. The molecule has 0 radical (unpaired) electrons. The molecule has 1 aliphatic heterocycles. The Morgan fingerprint density at radius 3 is 2.77 bits per heavy atom. The number of hydroxylamine groups is 2. The maximum atomic E-state index is 10.9. The van der Waals surface area contributed by atoms with Crippen LogP contribution < -0.4 is 11.0 Å². The van der Waals surface area contributed by atoms with Crippen LogP contribution in [0.1, 0.15) is 12.8 Å². The number of quaternary nitrogens is 1. The molecular formula is C7H14ClN3O2. The molecule has 0 aromatic carbocycles. The first kappa shape index (κ1) is 12.5. The molecule has 0 aromatic rings. The van der Waals surface area contributed by atoms with Gasteiger partial charge in [-0.05, 0) is 12.6 Å². The highest BCUT2D eigenvalue weighted by atomic mass is 35.5. The van der Waals surface area contributed by atoms with Crippen LogP contribution in [-0.4, -0.2) is 23.5 Å². The Labute approximate surface area is 82.9 Å². The van der Waals surface area contributed by atoms with E-state index in [0.29, 0.717) is 19.4 Å². The predicted octanol–water partition coefficient (Wildman–Crippen LogP) is -0.744. The van der Waals surface area contributed by atoms with E-state index in [9.17, 15) is 5.21 Å². The van der Waals surface area contributed by atoms with Gasteiger partial charge >= 0.3 is 0 Å². The third-order valence-electron chi connectivity index (χ3n) is 2.06. The van der Waals surface area contributed by atoms with Gasteiger partial charge in [0.15, 0.2) is 5.54 Å². The highest BCUT2D eigenvalue weighted by Crippen LogP contribution is 2.14. The van der Waals surface area contributed by atoms with Gasteiger partial charge in [-0.15, -0.1) is 12.4 Å². The lowest BCUT2D eigenvalue weighted by Gasteiger charge is -2.35. The predicted molar refractivity (Wildman–Crippen MR) is 52.0 cm³/mol. The summed E-state index contributed by atoms with van der Waals surface area (Å²) in [5.74, 6) is 0. The van der Waals surface area contributed by atoms with Crippen molar-refractivity contribution in [3.8, 4) is 0 Å². The van der Waals surface area contributed by atoms with E-state index in [0.717, 1.165) is 0 Å². The summed E-state index contributed by atoms with van der Waals surface area (Å²) in [7, 11) is 0. The second kappa shape index (κ2) is 5.31. The van der Waals surface area contributed by atoms with Gasteiger partial charge in [0.1, 0.15) is 0 Å². The van der Waals surface area contributed by atoms with Gasteiger partial charge in [0.2, 0.25) is 0 Å². The third kappa shape index (κ3) is 2.75. The average Bonchev–Trinajstić information content (AvgIpc) is 2.06. The maximum Gasteiger partial charge on any atom is 0.153 e. The minimum absolute atomic E-state index is 0. The summed E-state index contributed by atoms with van der Waals surface area (Å²) in [6.45, 7) is 0.379. The molecule has 0 fully saturated rings. The quantitative estimate of drug-likeness (QED) is 0.533. The van der Waals surface area contributed by atoms with Gasteiger partial charge in [0.25, 0.3) is 0 Å². The van der Waals surface area contributed by atoms with E-state index in [4.69, 9.17) is 10.9 Å². The highest BCUT2D eigenvalue weighted by Gasteiger charge is 2.33. The van der Waals surface area contributed by atoms with Gasteiger partial charge in [-0.3, -0.25) is 4.99 Å². The van der Waals surface area contributed by atoms with Crippen LogP contribution in [0, 0.1) is 5.21 Å². The van der Waals surface area contributed by atoms with Gasteiger partial charge in [-0.25, -0.2) is 10.4 Å². The molecule has 0 aliphatic carbocycles. The van der Waals surface area contributed by atoms with E-state index in [-0.39, 0.29) is 12.4 Å². The van der Waals surface area contributed by atoms with Crippen molar-refractivity contribution in [2.45, 2.75) is 18.4 Å². The molecule has 0 saturated heterocycles. The van der Waals surface area contributed by atoms with Crippen molar-refractivity contribution >= 4 is 18.6 Å². The fourth-order valence-electron chi connectivity index (χ4n) is 1.24. The van der Waals surface area contributed by atoms with Gasteiger partial charge < -0.3 is 10.9 Å². The van der Waals surface area contributed by atoms with E-state index in [2.05, 4.69) is 4.99 Å². The lowest BCUT2D eigenvalue weighted by atomic mass is 9.91. The van der Waals surface area contributed by atoms with E-state index in [1.807, 2.05) is 0 Å². The molecule has 5 nitrogen and oxygen atoms in total. The van der Waals surface area contributed by atoms with E-state index < -0.39 is 10.8 Å². The molecule has 0 spiro atoms. The summed E-state index contributed by atoms with van der Waals surface area (Å²) in [6.07, 6.45) is 5.65. The molecule has 0 saturated carbocycles. The van der Waals surface area contributed by atoms with Gasteiger partial charge in [0.05, 0.1) is 0 Å². The minimum atomic E-state index is -0.824. The molecule has 2 atom stereocenters. The molecule has 4 N–H and O–H groups in total. The average molecular weight is 208 g/mol. The van der Waals surface area contributed by atoms with E-state index in [1.165, 1.54) is 6.20 Å². The van der Waals surface area contributed by atoms with Crippen molar-refractivity contribution in [2.75, 3.05) is 6.54 Å². The fourth-order valence-corrected chi connectivity index (χ4v) is 1.24. The van der Waals surface area contributed by atoms with Crippen LogP contribution in [0.4, 0.5) is 0 Å². The smallest absolute Gasteiger partial charge is 0.153 e. The topological polar surface area (TPSA) is 86.1 Å². The van der Waals surface area contributed by atoms with Gasteiger partial charge in [-0.2, -0.15) is 0 Å². The van der Waals surface area contributed by atoms with Gasteiger partial charge in [-0.1, -0.05) is 0 Å². The highest BCUT2D eigenvalue weighted by molar-refractivity contribution is 5.85. The Bertz CT molecular complexity index is 208. The number of nitrogens with zero attached hydrogens (tertiary/aromatic N) is 1. The lowest BCUT2D eigenvalue weighted by Crippen LogP contribution is -3.14. The first-order chi connectivity index (χ1) is 5.71. The van der Waals surface area contributed by atoms with Crippen LogP contribution >= 0.6 is 12.4 Å². The molecule has 1 heterocycles. The summed E-state index contributed by atoms with van der Waals surface area (Å²) >= 11 is 0. The number of aliphatic imine (C=N–C) groups is 1. The summed E-state index contributed by atoms with van der Waals surface area (Å²) in [5.41, 5.74) is 4.53. The lowest BCUT2D eigenvalue weighted by molar-refractivity contribution is -1.08. The summed E-state index contributed by atoms with van der Waals surface area (Å²) in [5, 5.41) is 19.0. The number of nitrogens with two attached hydrogens (primary N) is 1. The molecule has 1 aliphatic rings. The number of nitrogens with one attached hydrogen (secondary N) is 1. The molecule has 13 heavy (non-hydrogen) atoms. The Morgan fingerprint density at radius 2 is 2.38 bits per heavy atom. The SMILES string of the molecule is Cl.NCCC1([NH+]([O-])O)C=CN=CC1. The van der Waals surface area contributed by atoms with Crippen LogP contribution in [0.3, 0.4) is 0 Å². The normalized spacial score (nSPS) is 28.2. The number of halogens is 1. The minimum Gasteiger partial charge on any atom is -0.599 e. The van der Waals surface area contributed by atoms with Crippen molar-refractivity contribution in [1.29, 1.82) is 0 Å². The molecule has 0 aromatic heterocycles. The van der Waals surface area contributed by atoms with Crippen molar-refractivity contribution in [3.63, 3.8) is 0 Å². The molecular weight excluding hydrogens is 194 g/mol. The zero-order valence-corrected chi connectivity index (χ0v) is 7.96. The van der Waals surface area contributed by atoms with Crippen molar-refractivity contribution < 1.29 is 10.4 Å². The van der Waals surface area contributed by atoms with Crippen LogP contribution in [0.2, 0.25) is 0 Å². The van der Waals surface area contributed by atoms with Crippen LogP contribution in [-0.2, 0) is 0 Å². The molecule has 0 amide bonds. The largest absolute Gasteiger partial charge is 0.599 e. The van der Waals surface area contributed by atoms with Gasteiger partial charge in [0, 0.05) is 25.3 Å². The second-order valence-electron chi connectivity index (χ2n) is 2.85. The first-order valence-corrected chi connectivity index (χ1v) is 3.84. The molecule has 76 valence electrons. The monoisotopic (exact) mass is 207 g/mol. The molecule has 6 heteroatoms. The fraction of sp³-hybridized carbons (Fsp3) is 0.571. The Kier molecular flexibility index (Phi) is 5.12. The van der Waals surface area contributed by atoms with Crippen LogP contribution in [0.5, 0.6) is 0 Å². The molecule has 0 bridgehead atoms. The Balaban J connectivity index is 0.00000144. The third-order valence-corrected chi connectivity index (χ3v) is 2.06. The summed E-state index contributed by atoms with van der Waals surface area (Å²) in [6, 6.07) is 0. The number of hydrogen-bond donors (Lipinski definition) is 3. The second-order valence-corrected chi connectivity index (χ2v) is 2.85. The van der Waals surface area contributed by atoms with E-state index in [1.54, 1.807) is 12.3 Å². The summed E-state index contributed by atoms with van der Waals surface area (Å²) in [4.78, 5) is 3.83. The zero-order chi connectivity index (χ0) is 9.03. The van der Waals surface area contributed by atoms with Crippen molar-refractivity contribution in [2.24, 2.45) is 10.7 Å². The Morgan fingerprint density at radius 1 is 1.69 bits per heavy atom. The van der Waals surface area contributed by atoms with Crippen molar-refractivity contribution in [1.82, 2.24) is 0 Å². The molecule has 1 rings (SSSR count).